The number of benzene rings is 2. The van der Waals surface area contributed by atoms with Crippen molar-refractivity contribution in [2.45, 2.75) is 46.4 Å². The Bertz CT molecular complexity index is 742. The number of alkyl carbamates (subject to hydrolysis) is 1. The van der Waals surface area contributed by atoms with Crippen molar-refractivity contribution < 1.29 is 14.3 Å². The van der Waals surface area contributed by atoms with Crippen LogP contribution >= 0.6 is 0 Å². The number of aryl methyl sites for hydroxylation is 1. The van der Waals surface area contributed by atoms with E-state index in [1.807, 2.05) is 42.5 Å². The monoisotopic (exact) mass is 368 g/mol. The van der Waals surface area contributed by atoms with Crippen molar-refractivity contribution in [1.29, 1.82) is 0 Å². The van der Waals surface area contributed by atoms with Gasteiger partial charge in [-0.15, -0.1) is 0 Å². The van der Waals surface area contributed by atoms with Crippen LogP contribution in [0.25, 0.3) is 0 Å². The minimum atomic E-state index is -0.567. The number of hydrogen-bond acceptors (Lipinski definition) is 3. The number of nitrogens with one attached hydrogen (secondary N) is 1. The van der Waals surface area contributed by atoms with Crippen LogP contribution in [0.3, 0.4) is 0 Å². The molecule has 1 N–H and O–H groups in total. The van der Waals surface area contributed by atoms with Crippen molar-refractivity contribution in [3.8, 4) is 0 Å². The average molecular weight is 368 g/mol. The van der Waals surface area contributed by atoms with Crippen molar-refractivity contribution in [2.75, 3.05) is 6.54 Å². The molecular weight excluding hydrogens is 340 g/mol. The van der Waals surface area contributed by atoms with E-state index in [2.05, 4.69) is 24.4 Å². The number of carbonyl (C=O) groups excluding carboxylic acids is 2. The van der Waals surface area contributed by atoms with Crippen molar-refractivity contribution in [1.82, 2.24) is 10.2 Å². The van der Waals surface area contributed by atoms with E-state index in [9.17, 15) is 9.59 Å². The quantitative estimate of drug-likeness (QED) is 0.870. The Morgan fingerprint density at radius 1 is 0.963 bits per heavy atom. The van der Waals surface area contributed by atoms with Gasteiger partial charge >= 0.3 is 6.09 Å². The lowest BCUT2D eigenvalue weighted by Crippen LogP contribution is -2.40. The van der Waals surface area contributed by atoms with Crippen LogP contribution in [0.4, 0.5) is 4.79 Å². The molecule has 27 heavy (non-hydrogen) atoms. The second kappa shape index (κ2) is 9.21. The van der Waals surface area contributed by atoms with Gasteiger partial charge in [-0.3, -0.25) is 4.79 Å². The summed E-state index contributed by atoms with van der Waals surface area (Å²) in [7, 11) is 0. The summed E-state index contributed by atoms with van der Waals surface area (Å²) in [6.45, 7) is 8.60. The molecule has 3 rings (SSSR count). The number of amides is 2. The van der Waals surface area contributed by atoms with Crippen LogP contribution in [0.1, 0.15) is 37.5 Å². The third kappa shape index (κ3) is 7.13. The second-order valence-corrected chi connectivity index (χ2v) is 7.53. The minimum Gasteiger partial charge on any atom is -0.444 e. The molecular formula is C22H28N2O3. The van der Waals surface area contributed by atoms with Gasteiger partial charge in [-0.05, 0) is 38.8 Å². The van der Waals surface area contributed by atoms with E-state index in [-0.39, 0.29) is 12.5 Å². The van der Waals surface area contributed by atoms with Crippen molar-refractivity contribution in [2.24, 2.45) is 0 Å². The van der Waals surface area contributed by atoms with Gasteiger partial charge < -0.3 is 15.0 Å². The predicted molar refractivity (Wildman–Crippen MR) is 106 cm³/mol. The van der Waals surface area contributed by atoms with Crippen LogP contribution in [-0.2, 0) is 22.6 Å². The van der Waals surface area contributed by atoms with E-state index in [0.717, 1.165) is 11.1 Å². The molecule has 0 spiro atoms. The highest BCUT2D eigenvalue weighted by Gasteiger charge is 2.23. The normalized spacial score (nSPS) is 12.5. The number of hydrogen-bond donors (Lipinski definition) is 1. The van der Waals surface area contributed by atoms with E-state index in [0.29, 0.717) is 13.1 Å². The lowest BCUT2D eigenvalue weighted by molar-refractivity contribution is -0.130. The van der Waals surface area contributed by atoms with E-state index in [4.69, 9.17) is 4.74 Å². The van der Waals surface area contributed by atoms with Gasteiger partial charge in [0.15, 0.2) is 0 Å². The summed E-state index contributed by atoms with van der Waals surface area (Å²) < 4.78 is 5.09. The Hall–Kier alpha value is -2.82. The lowest BCUT2D eigenvalue weighted by Gasteiger charge is -2.20. The molecule has 0 unspecified atom stereocenters. The summed E-state index contributed by atoms with van der Waals surface area (Å²) in [5, 5.41) is 2.49. The SMILES string of the molecule is CC(C)(C)OC(=O)NCC(=O)N1Cc2ccccc2C1.Cc1ccccc1. The van der Waals surface area contributed by atoms with Crippen molar-refractivity contribution >= 4 is 12.0 Å². The Kier molecular flexibility index (Phi) is 6.99. The highest BCUT2D eigenvalue weighted by Crippen LogP contribution is 2.21. The van der Waals surface area contributed by atoms with Gasteiger partial charge in [0.05, 0.1) is 0 Å². The summed E-state index contributed by atoms with van der Waals surface area (Å²) >= 11 is 0. The molecule has 5 heteroatoms. The fourth-order valence-corrected chi connectivity index (χ4v) is 2.62. The summed E-state index contributed by atoms with van der Waals surface area (Å²) in [5.74, 6) is -0.105. The molecule has 144 valence electrons. The Balaban J connectivity index is 0.000000313. The molecule has 0 saturated heterocycles. The second-order valence-electron chi connectivity index (χ2n) is 7.53. The lowest BCUT2D eigenvalue weighted by atomic mass is 10.1. The fourth-order valence-electron chi connectivity index (χ4n) is 2.62. The van der Waals surface area contributed by atoms with Crippen molar-refractivity contribution in [3.63, 3.8) is 0 Å². The molecule has 5 nitrogen and oxygen atoms in total. The first-order chi connectivity index (χ1) is 12.7. The zero-order valence-corrected chi connectivity index (χ0v) is 16.5. The molecule has 0 fully saturated rings. The van der Waals surface area contributed by atoms with Gasteiger partial charge in [-0.2, -0.15) is 0 Å². The van der Waals surface area contributed by atoms with Crippen LogP contribution in [0.5, 0.6) is 0 Å². The van der Waals surface area contributed by atoms with Gasteiger partial charge in [0.1, 0.15) is 12.1 Å². The van der Waals surface area contributed by atoms with Gasteiger partial charge in [0.25, 0.3) is 0 Å². The molecule has 0 bridgehead atoms. The first kappa shape index (κ1) is 20.5. The topological polar surface area (TPSA) is 58.6 Å². The summed E-state index contributed by atoms with van der Waals surface area (Å²) in [6, 6.07) is 18.2. The number of carbonyl (C=O) groups is 2. The largest absolute Gasteiger partial charge is 0.444 e. The minimum absolute atomic E-state index is 0.0388. The zero-order chi connectivity index (χ0) is 19.9. The molecule has 1 heterocycles. The van der Waals surface area contributed by atoms with Crippen molar-refractivity contribution in [3.05, 3.63) is 71.3 Å². The van der Waals surface area contributed by atoms with Crippen LogP contribution < -0.4 is 5.32 Å². The number of fused-ring (bicyclic) bond motifs is 1. The first-order valence-corrected chi connectivity index (χ1v) is 9.07. The maximum atomic E-state index is 12.0. The van der Waals surface area contributed by atoms with Crippen LogP contribution in [0, 0.1) is 6.92 Å². The first-order valence-electron chi connectivity index (χ1n) is 9.07. The van der Waals surface area contributed by atoms with Gasteiger partial charge in [-0.25, -0.2) is 4.79 Å². The molecule has 2 aromatic carbocycles. The Morgan fingerprint density at radius 3 is 1.93 bits per heavy atom. The van der Waals surface area contributed by atoms with Crippen LogP contribution in [0.15, 0.2) is 54.6 Å². The molecule has 0 aliphatic carbocycles. The van der Waals surface area contributed by atoms with E-state index >= 15 is 0 Å². The molecule has 0 radical (unpaired) electrons. The van der Waals surface area contributed by atoms with E-state index < -0.39 is 11.7 Å². The summed E-state index contributed by atoms with van der Waals surface area (Å²) in [4.78, 5) is 25.3. The number of rotatable bonds is 2. The van der Waals surface area contributed by atoms with E-state index in [1.165, 1.54) is 5.56 Å². The summed E-state index contributed by atoms with van der Waals surface area (Å²) in [6.07, 6.45) is -0.567. The van der Waals surface area contributed by atoms with Gasteiger partial charge in [-0.1, -0.05) is 60.2 Å². The van der Waals surface area contributed by atoms with E-state index in [1.54, 1.807) is 25.7 Å². The highest BCUT2D eigenvalue weighted by molar-refractivity contribution is 5.82. The average Bonchev–Trinajstić information content (AvgIpc) is 3.04. The molecule has 0 atom stereocenters. The molecule has 0 aromatic heterocycles. The van der Waals surface area contributed by atoms with Crippen LogP contribution in [0.2, 0.25) is 0 Å². The summed E-state index contributed by atoms with van der Waals surface area (Å²) in [5.41, 5.74) is 3.09. The fraction of sp³-hybridized carbons (Fsp3) is 0.364. The van der Waals surface area contributed by atoms with Crippen LogP contribution in [-0.4, -0.2) is 29.0 Å². The molecule has 2 amide bonds. The van der Waals surface area contributed by atoms with Gasteiger partial charge in [0.2, 0.25) is 5.91 Å². The van der Waals surface area contributed by atoms with Gasteiger partial charge in [0, 0.05) is 13.1 Å². The standard InChI is InChI=1S/C15H20N2O3.C7H8/c1-15(2,3)20-14(19)16-8-13(18)17-9-11-6-4-5-7-12(11)10-17;1-7-5-3-2-4-6-7/h4-7H,8-10H2,1-3H3,(H,16,19);2-6H,1H3. The third-order valence-electron chi connectivity index (χ3n) is 3.92. The predicted octanol–water partition coefficient (Wildman–Crippen LogP) is 4.05. The number of nitrogens with zero attached hydrogens (tertiary/aromatic N) is 1. The third-order valence-corrected chi connectivity index (χ3v) is 3.92. The molecule has 1 aliphatic heterocycles. The highest BCUT2D eigenvalue weighted by atomic mass is 16.6. The molecule has 2 aromatic rings. The molecule has 0 saturated carbocycles. The Morgan fingerprint density at radius 2 is 1.48 bits per heavy atom. The zero-order valence-electron chi connectivity index (χ0n) is 16.5. The Labute approximate surface area is 161 Å². The maximum absolute atomic E-state index is 12.0. The molecule has 1 aliphatic rings. The number of ether oxygens (including phenoxy) is 1. The maximum Gasteiger partial charge on any atom is 0.408 e. The smallest absolute Gasteiger partial charge is 0.408 e.